The summed E-state index contributed by atoms with van der Waals surface area (Å²) in [6.45, 7) is 3.05. The summed E-state index contributed by atoms with van der Waals surface area (Å²) in [5.41, 5.74) is 0. The van der Waals surface area contributed by atoms with E-state index in [0.717, 1.165) is 19.4 Å². The van der Waals surface area contributed by atoms with E-state index in [1.807, 2.05) is 0 Å². The summed E-state index contributed by atoms with van der Waals surface area (Å²) in [5, 5.41) is 2.86. The third kappa shape index (κ3) is 2.04. The molecule has 1 N–H and O–H groups in total. The Kier molecular flexibility index (Phi) is 2.09. The van der Waals surface area contributed by atoms with Crippen molar-refractivity contribution >= 4 is 5.91 Å². The zero-order chi connectivity index (χ0) is 6.69. The molecule has 1 fully saturated rings. The quantitative estimate of drug-likeness (QED) is 0.515. The standard InChI is InChI=1S/C7H13NO/c1-6-3-2-4-7(9)8-5-6/h6H,2-5H2,1H3,(H,8,9)/t6-/m1/s1. The van der Waals surface area contributed by atoms with Crippen molar-refractivity contribution in [1.29, 1.82) is 0 Å². The Hall–Kier alpha value is -0.530. The van der Waals surface area contributed by atoms with Crippen LogP contribution in [0.2, 0.25) is 0 Å². The van der Waals surface area contributed by atoms with E-state index in [9.17, 15) is 4.79 Å². The van der Waals surface area contributed by atoms with Gasteiger partial charge in [0.2, 0.25) is 5.91 Å². The summed E-state index contributed by atoms with van der Waals surface area (Å²) < 4.78 is 0. The monoisotopic (exact) mass is 127 g/mol. The van der Waals surface area contributed by atoms with Gasteiger partial charge in [-0.05, 0) is 18.8 Å². The molecule has 1 atom stereocenters. The van der Waals surface area contributed by atoms with E-state index in [-0.39, 0.29) is 5.91 Å². The molecule has 2 heteroatoms. The molecule has 0 aromatic carbocycles. The lowest BCUT2D eigenvalue weighted by atomic mass is 10.1. The van der Waals surface area contributed by atoms with Crippen LogP contribution < -0.4 is 5.32 Å². The van der Waals surface area contributed by atoms with Crippen LogP contribution in [-0.4, -0.2) is 12.5 Å². The van der Waals surface area contributed by atoms with E-state index < -0.39 is 0 Å². The number of amides is 1. The summed E-state index contributed by atoms with van der Waals surface area (Å²) in [6.07, 6.45) is 2.98. The van der Waals surface area contributed by atoms with Gasteiger partial charge in [0.1, 0.15) is 0 Å². The third-order valence-corrected chi connectivity index (χ3v) is 1.75. The molecule has 9 heavy (non-hydrogen) atoms. The van der Waals surface area contributed by atoms with Crippen LogP contribution in [0.15, 0.2) is 0 Å². The summed E-state index contributed by atoms with van der Waals surface area (Å²) in [7, 11) is 0. The third-order valence-electron chi connectivity index (χ3n) is 1.75. The Bertz CT molecular complexity index is 111. The number of hydrogen-bond donors (Lipinski definition) is 1. The molecule has 0 aromatic heterocycles. The number of nitrogens with one attached hydrogen (secondary N) is 1. The van der Waals surface area contributed by atoms with Crippen molar-refractivity contribution < 1.29 is 4.79 Å². The zero-order valence-electron chi connectivity index (χ0n) is 5.81. The highest BCUT2D eigenvalue weighted by Crippen LogP contribution is 2.09. The van der Waals surface area contributed by atoms with Gasteiger partial charge >= 0.3 is 0 Å². The van der Waals surface area contributed by atoms with Crippen LogP contribution in [0.1, 0.15) is 26.2 Å². The van der Waals surface area contributed by atoms with Gasteiger partial charge in [0.15, 0.2) is 0 Å². The molecule has 2 nitrogen and oxygen atoms in total. The van der Waals surface area contributed by atoms with Crippen LogP contribution >= 0.6 is 0 Å². The maximum Gasteiger partial charge on any atom is 0.220 e. The lowest BCUT2D eigenvalue weighted by Gasteiger charge is -2.04. The van der Waals surface area contributed by atoms with Gasteiger partial charge in [0.05, 0.1) is 0 Å². The summed E-state index contributed by atoms with van der Waals surface area (Å²) >= 11 is 0. The van der Waals surface area contributed by atoms with Crippen molar-refractivity contribution in [3.05, 3.63) is 0 Å². The molecule has 0 bridgehead atoms. The fourth-order valence-electron chi connectivity index (χ4n) is 1.09. The van der Waals surface area contributed by atoms with E-state index in [1.165, 1.54) is 6.42 Å². The molecule has 52 valence electrons. The van der Waals surface area contributed by atoms with Gasteiger partial charge in [-0.25, -0.2) is 0 Å². The van der Waals surface area contributed by atoms with Gasteiger partial charge in [0, 0.05) is 13.0 Å². The fourth-order valence-corrected chi connectivity index (χ4v) is 1.09. The molecule has 0 spiro atoms. The molecule has 1 saturated heterocycles. The highest BCUT2D eigenvalue weighted by molar-refractivity contribution is 5.76. The maximum absolute atomic E-state index is 10.7. The Morgan fingerprint density at radius 2 is 2.44 bits per heavy atom. The average Bonchev–Trinajstić information content (AvgIpc) is 1.97. The molecular weight excluding hydrogens is 114 g/mol. The van der Waals surface area contributed by atoms with Crippen molar-refractivity contribution in [3.8, 4) is 0 Å². The molecule has 1 amide bonds. The van der Waals surface area contributed by atoms with Crippen LogP contribution in [0.3, 0.4) is 0 Å². The van der Waals surface area contributed by atoms with Crippen LogP contribution in [-0.2, 0) is 4.79 Å². The molecule has 1 heterocycles. The first-order valence-corrected chi connectivity index (χ1v) is 3.56. The Morgan fingerprint density at radius 1 is 1.67 bits per heavy atom. The minimum Gasteiger partial charge on any atom is -0.356 e. The smallest absolute Gasteiger partial charge is 0.220 e. The number of rotatable bonds is 0. The lowest BCUT2D eigenvalue weighted by Crippen LogP contribution is -2.24. The van der Waals surface area contributed by atoms with E-state index >= 15 is 0 Å². The van der Waals surface area contributed by atoms with Crippen molar-refractivity contribution in [2.24, 2.45) is 5.92 Å². The van der Waals surface area contributed by atoms with Gasteiger partial charge in [-0.3, -0.25) is 4.79 Å². The second-order valence-corrected chi connectivity index (χ2v) is 2.80. The normalized spacial score (nSPS) is 29.0. The molecule has 0 aliphatic carbocycles. The Labute approximate surface area is 55.6 Å². The summed E-state index contributed by atoms with van der Waals surface area (Å²) in [4.78, 5) is 10.7. The van der Waals surface area contributed by atoms with Crippen molar-refractivity contribution in [2.75, 3.05) is 6.54 Å². The first-order valence-electron chi connectivity index (χ1n) is 3.56. The van der Waals surface area contributed by atoms with E-state index in [4.69, 9.17) is 0 Å². The van der Waals surface area contributed by atoms with Crippen molar-refractivity contribution in [3.63, 3.8) is 0 Å². The van der Waals surface area contributed by atoms with Gasteiger partial charge in [-0.15, -0.1) is 0 Å². The second-order valence-electron chi connectivity index (χ2n) is 2.80. The summed E-state index contributed by atoms with van der Waals surface area (Å²) in [6, 6.07) is 0. The molecule has 0 unspecified atom stereocenters. The van der Waals surface area contributed by atoms with Crippen LogP contribution in [0.25, 0.3) is 0 Å². The molecule has 1 aliphatic heterocycles. The zero-order valence-corrected chi connectivity index (χ0v) is 5.81. The molecule has 1 aliphatic rings. The van der Waals surface area contributed by atoms with Gasteiger partial charge in [-0.1, -0.05) is 6.92 Å². The molecule has 1 rings (SSSR count). The van der Waals surface area contributed by atoms with Crippen LogP contribution in [0.4, 0.5) is 0 Å². The molecular formula is C7H13NO. The predicted molar refractivity (Wildman–Crippen MR) is 36.0 cm³/mol. The Balaban J connectivity index is 2.34. The second kappa shape index (κ2) is 2.85. The van der Waals surface area contributed by atoms with E-state index in [1.54, 1.807) is 0 Å². The highest BCUT2D eigenvalue weighted by Gasteiger charge is 2.10. The Morgan fingerprint density at radius 3 is 3.22 bits per heavy atom. The SMILES string of the molecule is C[C@@H]1CCCC(=O)NC1. The van der Waals surface area contributed by atoms with E-state index in [2.05, 4.69) is 12.2 Å². The van der Waals surface area contributed by atoms with Crippen molar-refractivity contribution in [1.82, 2.24) is 5.32 Å². The summed E-state index contributed by atoms with van der Waals surface area (Å²) in [5.74, 6) is 0.899. The number of carbonyl (C=O) groups excluding carboxylic acids is 1. The fraction of sp³-hybridized carbons (Fsp3) is 0.857. The van der Waals surface area contributed by atoms with Gasteiger partial charge in [0.25, 0.3) is 0 Å². The number of carbonyl (C=O) groups is 1. The number of hydrogen-bond acceptors (Lipinski definition) is 1. The molecule has 0 saturated carbocycles. The average molecular weight is 127 g/mol. The van der Waals surface area contributed by atoms with Crippen molar-refractivity contribution in [2.45, 2.75) is 26.2 Å². The predicted octanol–water partition coefficient (Wildman–Crippen LogP) is 0.923. The highest BCUT2D eigenvalue weighted by atomic mass is 16.1. The first kappa shape index (κ1) is 6.59. The van der Waals surface area contributed by atoms with Crippen LogP contribution in [0.5, 0.6) is 0 Å². The van der Waals surface area contributed by atoms with E-state index in [0.29, 0.717) is 5.92 Å². The van der Waals surface area contributed by atoms with Crippen LogP contribution in [0, 0.1) is 5.92 Å². The molecule has 0 radical (unpaired) electrons. The minimum atomic E-state index is 0.222. The largest absolute Gasteiger partial charge is 0.356 e. The first-order chi connectivity index (χ1) is 4.29. The van der Waals surface area contributed by atoms with Gasteiger partial charge in [-0.2, -0.15) is 0 Å². The molecule has 0 aromatic rings. The minimum absolute atomic E-state index is 0.222. The maximum atomic E-state index is 10.7. The van der Waals surface area contributed by atoms with Gasteiger partial charge < -0.3 is 5.32 Å². The lowest BCUT2D eigenvalue weighted by molar-refractivity contribution is -0.120. The topological polar surface area (TPSA) is 29.1 Å².